The molecule has 2 aliphatic rings. The molecule has 0 aliphatic heterocycles. The highest BCUT2D eigenvalue weighted by molar-refractivity contribution is 5.89. The Bertz CT molecular complexity index is 1150. The molecule has 1 N–H and O–H groups in total. The van der Waals surface area contributed by atoms with E-state index in [4.69, 9.17) is 9.47 Å². The van der Waals surface area contributed by atoms with E-state index in [2.05, 4.69) is 48.6 Å². The average Bonchev–Trinajstić information content (AvgIpc) is 3.69. The zero-order chi connectivity index (χ0) is 28.0. The summed E-state index contributed by atoms with van der Waals surface area (Å²) < 4.78 is 10.7. The van der Waals surface area contributed by atoms with Crippen LogP contribution in [0, 0.1) is 5.92 Å². The zero-order valence-electron chi connectivity index (χ0n) is 24.1. The van der Waals surface area contributed by atoms with E-state index in [1.165, 1.54) is 24.7 Å². The van der Waals surface area contributed by atoms with Crippen molar-refractivity contribution in [3.05, 3.63) is 76.9 Å². The molecule has 6 heteroatoms. The van der Waals surface area contributed by atoms with Gasteiger partial charge in [-0.05, 0) is 88.5 Å². The molecule has 2 aliphatic carbocycles. The normalized spacial score (nSPS) is 23.2. The van der Waals surface area contributed by atoms with E-state index < -0.39 is 5.60 Å². The molecule has 0 spiro atoms. The number of nitrogens with zero attached hydrogens (tertiary/aromatic N) is 1. The largest absolute Gasteiger partial charge is 0.465 e. The van der Waals surface area contributed by atoms with Gasteiger partial charge in [-0.2, -0.15) is 0 Å². The van der Waals surface area contributed by atoms with Crippen molar-refractivity contribution in [1.29, 1.82) is 0 Å². The smallest absolute Gasteiger partial charge is 0.410 e. The Morgan fingerprint density at radius 1 is 1.03 bits per heavy atom. The number of esters is 1. The summed E-state index contributed by atoms with van der Waals surface area (Å²) in [6.07, 6.45) is 8.23. The topological polar surface area (TPSA) is 67.9 Å². The fourth-order valence-electron chi connectivity index (χ4n) is 5.66. The summed E-state index contributed by atoms with van der Waals surface area (Å²) in [6, 6.07) is 19.0. The molecule has 6 nitrogen and oxygen atoms in total. The van der Waals surface area contributed by atoms with Gasteiger partial charge in [-0.3, -0.25) is 0 Å². The molecule has 0 heterocycles. The lowest BCUT2D eigenvalue weighted by Gasteiger charge is -2.38. The zero-order valence-corrected chi connectivity index (χ0v) is 24.1. The van der Waals surface area contributed by atoms with Gasteiger partial charge in [-0.1, -0.05) is 61.0 Å². The van der Waals surface area contributed by atoms with Crippen LogP contribution in [-0.4, -0.2) is 47.8 Å². The SMILES string of the molecule is CCC(=Cc1ccccc1)[C@@H]1C[C@H]1NC1CCC(N(Cc2cccc(C(=O)OC)c2)C(=O)OC(C)(C)C)CC1. The summed E-state index contributed by atoms with van der Waals surface area (Å²) in [5.74, 6) is 0.240. The van der Waals surface area contributed by atoms with Crippen LogP contribution in [0.1, 0.15) is 87.7 Å². The highest BCUT2D eigenvalue weighted by Crippen LogP contribution is 2.41. The summed E-state index contributed by atoms with van der Waals surface area (Å²) in [5.41, 5.74) is 3.60. The minimum absolute atomic E-state index is 0.0962. The number of hydrogen-bond acceptors (Lipinski definition) is 5. The predicted molar refractivity (Wildman–Crippen MR) is 155 cm³/mol. The maximum atomic E-state index is 13.3. The number of hydrogen-bond donors (Lipinski definition) is 1. The third-order valence-corrected chi connectivity index (χ3v) is 7.74. The summed E-state index contributed by atoms with van der Waals surface area (Å²) in [5, 5.41) is 3.92. The Morgan fingerprint density at radius 2 is 1.74 bits per heavy atom. The summed E-state index contributed by atoms with van der Waals surface area (Å²) in [4.78, 5) is 27.2. The average molecular weight is 533 g/mol. The van der Waals surface area contributed by atoms with Crippen LogP contribution in [0.4, 0.5) is 4.79 Å². The Balaban J connectivity index is 1.37. The standard InChI is InChI=1S/C33H44N2O4/c1-6-25(19-23-11-8-7-9-12-23)29-21-30(29)34-27-15-17-28(18-16-27)35(32(37)39-33(2,3)4)22-24-13-10-14-26(20-24)31(36)38-5/h7-14,19-20,27-30,34H,6,15-18,21-22H2,1-5H3/t27?,28?,29-,30+/m0/s1. The molecule has 0 radical (unpaired) electrons. The maximum Gasteiger partial charge on any atom is 0.410 e. The molecular weight excluding hydrogens is 488 g/mol. The monoisotopic (exact) mass is 532 g/mol. The number of carbonyl (C=O) groups is 2. The second kappa shape index (κ2) is 12.8. The van der Waals surface area contributed by atoms with Crippen LogP contribution in [0.25, 0.3) is 6.08 Å². The van der Waals surface area contributed by atoms with Crippen molar-refractivity contribution < 1.29 is 19.1 Å². The third-order valence-electron chi connectivity index (χ3n) is 7.74. The van der Waals surface area contributed by atoms with Crippen LogP contribution >= 0.6 is 0 Å². The molecule has 0 saturated heterocycles. The molecule has 2 atom stereocenters. The summed E-state index contributed by atoms with van der Waals surface area (Å²) in [6.45, 7) is 8.33. The van der Waals surface area contributed by atoms with E-state index in [9.17, 15) is 9.59 Å². The van der Waals surface area contributed by atoms with E-state index >= 15 is 0 Å². The molecule has 1 amide bonds. The fourth-order valence-corrected chi connectivity index (χ4v) is 5.66. The Labute approximate surface area is 233 Å². The van der Waals surface area contributed by atoms with Gasteiger partial charge < -0.3 is 19.7 Å². The lowest BCUT2D eigenvalue weighted by atomic mass is 9.89. The second-order valence-electron chi connectivity index (χ2n) is 11.9. The Kier molecular flexibility index (Phi) is 9.49. The summed E-state index contributed by atoms with van der Waals surface area (Å²) >= 11 is 0. The van der Waals surface area contributed by atoms with Gasteiger partial charge in [0.25, 0.3) is 0 Å². The van der Waals surface area contributed by atoms with Gasteiger partial charge in [0.1, 0.15) is 5.60 Å². The van der Waals surface area contributed by atoms with Gasteiger partial charge in [0.2, 0.25) is 0 Å². The number of methoxy groups -OCH3 is 1. The number of amides is 1. The van der Waals surface area contributed by atoms with Gasteiger partial charge in [0, 0.05) is 24.7 Å². The molecule has 0 unspecified atom stereocenters. The Hall–Kier alpha value is -3.12. The van der Waals surface area contributed by atoms with Crippen molar-refractivity contribution >= 4 is 18.1 Å². The van der Waals surface area contributed by atoms with Gasteiger partial charge in [0.05, 0.1) is 12.7 Å². The minimum Gasteiger partial charge on any atom is -0.465 e. The number of carbonyl (C=O) groups excluding carboxylic acids is 2. The van der Waals surface area contributed by atoms with E-state index in [1.54, 1.807) is 12.1 Å². The van der Waals surface area contributed by atoms with E-state index in [0.29, 0.717) is 30.1 Å². The molecule has 0 aromatic heterocycles. The number of benzene rings is 2. The van der Waals surface area contributed by atoms with E-state index in [0.717, 1.165) is 37.7 Å². The molecule has 2 saturated carbocycles. The molecule has 2 aromatic carbocycles. The lowest BCUT2D eigenvalue weighted by molar-refractivity contribution is 0.00876. The van der Waals surface area contributed by atoms with E-state index in [-0.39, 0.29) is 18.1 Å². The number of ether oxygens (including phenoxy) is 2. The number of rotatable bonds is 9. The maximum absolute atomic E-state index is 13.3. The van der Waals surface area contributed by atoms with Gasteiger partial charge in [-0.15, -0.1) is 0 Å². The van der Waals surface area contributed by atoms with Crippen molar-refractivity contribution in [1.82, 2.24) is 10.2 Å². The van der Waals surface area contributed by atoms with Crippen molar-refractivity contribution in [3.8, 4) is 0 Å². The van der Waals surface area contributed by atoms with Crippen LogP contribution in [0.2, 0.25) is 0 Å². The molecule has 2 fully saturated rings. The first-order valence-corrected chi connectivity index (χ1v) is 14.3. The second-order valence-corrected chi connectivity index (χ2v) is 11.9. The Morgan fingerprint density at radius 3 is 2.38 bits per heavy atom. The van der Waals surface area contributed by atoms with Crippen LogP contribution in [-0.2, 0) is 16.0 Å². The fraction of sp³-hybridized carbons (Fsp3) is 0.515. The molecule has 210 valence electrons. The molecule has 39 heavy (non-hydrogen) atoms. The highest BCUT2D eigenvalue weighted by Gasteiger charge is 2.41. The first-order valence-electron chi connectivity index (χ1n) is 14.3. The quantitative estimate of drug-likeness (QED) is 0.353. The highest BCUT2D eigenvalue weighted by atomic mass is 16.6. The van der Waals surface area contributed by atoms with Gasteiger partial charge in [0.15, 0.2) is 0 Å². The van der Waals surface area contributed by atoms with Crippen molar-refractivity contribution in [3.63, 3.8) is 0 Å². The number of nitrogens with one attached hydrogen (secondary N) is 1. The molecule has 0 bridgehead atoms. The summed E-state index contributed by atoms with van der Waals surface area (Å²) in [7, 11) is 1.38. The van der Waals surface area contributed by atoms with Gasteiger partial charge >= 0.3 is 12.1 Å². The van der Waals surface area contributed by atoms with Crippen LogP contribution in [0.3, 0.4) is 0 Å². The van der Waals surface area contributed by atoms with Crippen LogP contribution < -0.4 is 5.32 Å². The molecule has 2 aromatic rings. The van der Waals surface area contributed by atoms with Crippen LogP contribution in [0.15, 0.2) is 60.2 Å². The first-order chi connectivity index (χ1) is 18.7. The lowest BCUT2D eigenvalue weighted by Crippen LogP contribution is -2.47. The van der Waals surface area contributed by atoms with Crippen LogP contribution in [0.5, 0.6) is 0 Å². The third kappa shape index (κ3) is 8.18. The molecule has 4 rings (SSSR count). The predicted octanol–water partition coefficient (Wildman–Crippen LogP) is 6.99. The molecular formula is C33H44N2O4. The van der Waals surface area contributed by atoms with Crippen molar-refractivity contribution in [2.75, 3.05) is 7.11 Å². The van der Waals surface area contributed by atoms with Crippen molar-refractivity contribution in [2.45, 2.75) is 96.5 Å². The minimum atomic E-state index is -0.576. The van der Waals surface area contributed by atoms with Gasteiger partial charge in [-0.25, -0.2) is 9.59 Å². The van der Waals surface area contributed by atoms with E-state index in [1.807, 2.05) is 37.8 Å². The first kappa shape index (κ1) is 28.9. The van der Waals surface area contributed by atoms with Crippen molar-refractivity contribution in [2.24, 2.45) is 5.92 Å².